The van der Waals surface area contributed by atoms with Crippen molar-refractivity contribution in [3.63, 3.8) is 0 Å². The first-order valence-corrected chi connectivity index (χ1v) is 10.8. The van der Waals surface area contributed by atoms with E-state index in [0.717, 1.165) is 39.8 Å². The van der Waals surface area contributed by atoms with Crippen LogP contribution in [0.1, 0.15) is 30.7 Å². The number of aromatic nitrogens is 3. The number of nitrogens with zero attached hydrogens (tertiary/aromatic N) is 4. The van der Waals surface area contributed by atoms with Gasteiger partial charge in [0.05, 0.1) is 36.9 Å². The Balaban J connectivity index is 1.46. The van der Waals surface area contributed by atoms with Crippen molar-refractivity contribution in [1.29, 1.82) is 0 Å². The molecule has 1 aliphatic rings. The molecule has 2 aromatic heterocycles. The molecule has 0 saturated carbocycles. The molecule has 1 aromatic carbocycles. The Labute approximate surface area is 188 Å². The first-order valence-electron chi connectivity index (χ1n) is 10.8. The van der Waals surface area contributed by atoms with Crippen LogP contribution >= 0.6 is 0 Å². The molecule has 3 heterocycles. The summed E-state index contributed by atoms with van der Waals surface area (Å²) < 4.78 is 7.20. The van der Waals surface area contributed by atoms with Crippen molar-refractivity contribution in [2.24, 2.45) is 5.92 Å². The molecule has 0 bridgehead atoms. The van der Waals surface area contributed by atoms with Crippen LogP contribution in [0.5, 0.6) is 5.75 Å². The smallest absolute Gasteiger partial charge is 0.247 e. The van der Waals surface area contributed by atoms with Gasteiger partial charge in [-0.2, -0.15) is 5.10 Å². The fourth-order valence-electron chi connectivity index (χ4n) is 4.19. The molecular formula is C24H30N6O2. The van der Waals surface area contributed by atoms with E-state index in [4.69, 9.17) is 4.74 Å². The fraction of sp³-hybridized carbons (Fsp3) is 0.375. The van der Waals surface area contributed by atoms with E-state index in [9.17, 15) is 4.79 Å². The Morgan fingerprint density at radius 1 is 1.25 bits per heavy atom. The lowest BCUT2D eigenvalue weighted by Gasteiger charge is -2.38. The van der Waals surface area contributed by atoms with E-state index in [1.54, 1.807) is 7.11 Å². The minimum Gasteiger partial charge on any atom is -0.497 e. The standard InChI is InChI=1S/C24H30N6O2/c1-15(2)23-24(31)28-22-16(3)27-21(10-20(22)29(23)4)25-11-18-12-26-30(14-18)13-17-7-6-8-19(9-17)32-5/h6-10,12,14-15,23H,11,13H2,1-5H3,(H,25,27)(H,28,31). The van der Waals surface area contributed by atoms with Crippen LogP contribution < -0.4 is 20.3 Å². The lowest BCUT2D eigenvalue weighted by Crippen LogP contribution is -2.49. The van der Waals surface area contributed by atoms with Gasteiger partial charge in [-0.25, -0.2) is 4.98 Å². The average Bonchev–Trinajstić information content (AvgIpc) is 3.20. The zero-order valence-corrected chi connectivity index (χ0v) is 19.2. The Morgan fingerprint density at radius 2 is 2.06 bits per heavy atom. The summed E-state index contributed by atoms with van der Waals surface area (Å²) in [6, 6.07) is 9.78. The first-order chi connectivity index (χ1) is 15.4. The van der Waals surface area contributed by atoms with Gasteiger partial charge in [-0.3, -0.25) is 9.48 Å². The summed E-state index contributed by atoms with van der Waals surface area (Å²) in [5.74, 6) is 1.83. The normalized spacial score (nSPS) is 15.5. The summed E-state index contributed by atoms with van der Waals surface area (Å²) in [6.07, 6.45) is 3.89. The number of aryl methyl sites for hydroxylation is 1. The number of likely N-dealkylation sites (N-methyl/N-ethyl adjacent to an activating group) is 1. The van der Waals surface area contributed by atoms with E-state index >= 15 is 0 Å². The number of fused-ring (bicyclic) bond motifs is 1. The Bertz CT molecular complexity index is 1120. The number of rotatable bonds is 7. The molecule has 168 valence electrons. The van der Waals surface area contributed by atoms with Gasteiger partial charge in [-0.1, -0.05) is 26.0 Å². The number of carbonyl (C=O) groups is 1. The Kier molecular flexibility index (Phi) is 6.03. The highest BCUT2D eigenvalue weighted by Gasteiger charge is 2.34. The second kappa shape index (κ2) is 8.90. The van der Waals surface area contributed by atoms with Gasteiger partial charge in [0.1, 0.15) is 17.6 Å². The monoisotopic (exact) mass is 434 g/mol. The quantitative estimate of drug-likeness (QED) is 0.590. The van der Waals surface area contributed by atoms with E-state index < -0.39 is 0 Å². The number of hydrogen-bond acceptors (Lipinski definition) is 6. The lowest BCUT2D eigenvalue weighted by atomic mass is 9.98. The molecule has 1 amide bonds. The topological polar surface area (TPSA) is 84.3 Å². The van der Waals surface area contributed by atoms with Crippen LogP contribution in [-0.4, -0.2) is 40.9 Å². The van der Waals surface area contributed by atoms with Gasteiger partial charge in [0, 0.05) is 31.4 Å². The van der Waals surface area contributed by atoms with Crippen molar-refractivity contribution < 1.29 is 9.53 Å². The average molecular weight is 435 g/mol. The number of pyridine rings is 1. The molecule has 32 heavy (non-hydrogen) atoms. The number of benzene rings is 1. The second-order valence-corrected chi connectivity index (χ2v) is 8.53. The van der Waals surface area contributed by atoms with E-state index in [-0.39, 0.29) is 17.9 Å². The number of ether oxygens (including phenoxy) is 1. The number of hydrogen-bond donors (Lipinski definition) is 2. The third-order valence-corrected chi connectivity index (χ3v) is 5.76. The summed E-state index contributed by atoms with van der Waals surface area (Å²) in [5, 5.41) is 10.9. The van der Waals surface area contributed by atoms with Crippen molar-refractivity contribution in [2.75, 3.05) is 29.7 Å². The van der Waals surface area contributed by atoms with Crippen molar-refractivity contribution in [1.82, 2.24) is 14.8 Å². The zero-order chi connectivity index (χ0) is 22.8. The van der Waals surface area contributed by atoms with Gasteiger partial charge in [-0.15, -0.1) is 0 Å². The molecule has 4 rings (SSSR count). The third-order valence-electron chi connectivity index (χ3n) is 5.76. The van der Waals surface area contributed by atoms with Crippen LogP contribution in [0.25, 0.3) is 0 Å². The van der Waals surface area contributed by atoms with Crippen LogP contribution in [-0.2, 0) is 17.9 Å². The van der Waals surface area contributed by atoms with Crippen LogP contribution in [0.2, 0.25) is 0 Å². The van der Waals surface area contributed by atoms with Crippen LogP contribution in [0.3, 0.4) is 0 Å². The van der Waals surface area contributed by atoms with Gasteiger partial charge in [0.15, 0.2) is 0 Å². The van der Waals surface area contributed by atoms with E-state index in [1.165, 1.54) is 0 Å². The predicted octanol–water partition coefficient (Wildman–Crippen LogP) is 3.67. The van der Waals surface area contributed by atoms with Crippen LogP contribution in [0, 0.1) is 12.8 Å². The molecule has 3 aromatic rings. The fourth-order valence-corrected chi connectivity index (χ4v) is 4.19. The molecular weight excluding hydrogens is 404 g/mol. The summed E-state index contributed by atoms with van der Waals surface area (Å²) in [6.45, 7) is 7.31. The number of anilines is 3. The SMILES string of the molecule is COc1cccc(Cn2cc(CNc3cc4c(c(C)n3)NC(=O)C(C(C)C)N4C)cn2)c1. The maximum atomic E-state index is 12.5. The molecule has 2 N–H and O–H groups in total. The highest BCUT2D eigenvalue weighted by atomic mass is 16.5. The Hall–Kier alpha value is -3.55. The second-order valence-electron chi connectivity index (χ2n) is 8.53. The largest absolute Gasteiger partial charge is 0.497 e. The van der Waals surface area contributed by atoms with Crippen molar-refractivity contribution in [3.05, 3.63) is 59.5 Å². The maximum Gasteiger partial charge on any atom is 0.247 e. The maximum absolute atomic E-state index is 12.5. The molecule has 1 unspecified atom stereocenters. The number of nitrogens with one attached hydrogen (secondary N) is 2. The van der Waals surface area contributed by atoms with Crippen molar-refractivity contribution >= 4 is 23.1 Å². The summed E-state index contributed by atoms with van der Waals surface area (Å²) in [4.78, 5) is 19.2. The molecule has 0 saturated heterocycles. The van der Waals surface area contributed by atoms with Gasteiger partial charge in [0.25, 0.3) is 0 Å². The highest BCUT2D eigenvalue weighted by molar-refractivity contribution is 6.04. The molecule has 0 aliphatic carbocycles. The minimum atomic E-state index is -0.202. The molecule has 0 fully saturated rings. The lowest BCUT2D eigenvalue weighted by molar-refractivity contribution is -0.118. The molecule has 1 aliphatic heterocycles. The van der Waals surface area contributed by atoms with Gasteiger partial charge in [0.2, 0.25) is 5.91 Å². The van der Waals surface area contributed by atoms with E-state index in [1.807, 2.05) is 60.2 Å². The predicted molar refractivity (Wildman–Crippen MR) is 126 cm³/mol. The molecule has 1 atom stereocenters. The van der Waals surface area contributed by atoms with Gasteiger partial charge < -0.3 is 20.3 Å². The summed E-state index contributed by atoms with van der Waals surface area (Å²) in [5.41, 5.74) is 4.75. The van der Waals surface area contributed by atoms with Crippen LogP contribution in [0.15, 0.2) is 42.7 Å². The summed E-state index contributed by atoms with van der Waals surface area (Å²) in [7, 11) is 3.63. The summed E-state index contributed by atoms with van der Waals surface area (Å²) >= 11 is 0. The van der Waals surface area contributed by atoms with E-state index in [0.29, 0.717) is 13.1 Å². The van der Waals surface area contributed by atoms with Gasteiger partial charge in [-0.05, 0) is 30.5 Å². The molecule has 0 spiro atoms. The molecule has 0 radical (unpaired) electrons. The molecule has 8 nitrogen and oxygen atoms in total. The third kappa shape index (κ3) is 4.39. The first kappa shape index (κ1) is 21.7. The van der Waals surface area contributed by atoms with Crippen LogP contribution in [0.4, 0.5) is 17.2 Å². The highest BCUT2D eigenvalue weighted by Crippen LogP contribution is 2.36. The number of amides is 1. The number of carbonyl (C=O) groups excluding carboxylic acids is 1. The van der Waals surface area contributed by atoms with Gasteiger partial charge >= 0.3 is 0 Å². The molecule has 8 heteroatoms. The number of methoxy groups -OCH3 is 1. The van der Waals surface area contributed by atoms with E-state index in [2.05, 4.69) is 40.6 Å². The van der Waals surface area contributed by atoms with Crippen molar-refractivity contribution in [2.45, 2.75) is 39.9 Å². The Morgan fingerprint density at radius 3 is 2.81 bits per heavy atom. The van der Waals surface area contributed by atoms with Crippen molar-refractivity contribution in [3.8, 4) is 5.75 Å². The minimum absolute atomic E-state index is 0.0176. The zero-order valence-electron chi connectivity index (χ0n) is 19.2.